The van der Waals surface area contributed by atoms with Gasteiger partial charge in [0.25, 0.3) is 0 Å². The predicted octanol–water partition coefficient (Wildman–Crippen LogP) is 4.18. The first-order chi connectivity index (χ1) is 15.1. The monoisotopic (exact) mass is 411 g/mol. The molecule has 0 saturated heterocycles. The molecule has 0 saturated carbocycles. The van der Waals surface area contributed by atoms with Crippen molar-refractivity contribution < 1.29 is 4.79 Å². The van der Waals surface area contributed by atoms with E-state index in [1.807, 2.05) is 48.8 Å². The Morgan fingerprint density at radius 2 is 1.90 bits per heavy atom. The van der Waals surface area contributed by atoms with Crippen LogP contribution < -0.4 is 11.5 Å². The molecule has 31 heavy (non-hydrogen) atoms. The SMILES string of the molecule is NC(=O)C1(CCCCn2cnc3c(N)nc4ccccc4c32)CC=Cc2ccccc21. The molecule has 6 heteroatoms. The average Bonchev–Trinajstić information content (AvgIpc) is 3.22. The standard InChI is InChI=1S/C25H25N5O/c26-23-21-22(18-10-2-4-12-20(18)29-23)30(16-28-21)15-6-5-13-25(24(27)31)14-7-9-17-8-1-3-11-19(17)25/h1-4,7-12,16H,5-6,13-15H2,(H2,26,29)(H2,27,31). The summed E-state index contributed by atoms with van der Waals surface area (Å²) in [5.74, 6) is 0.202. The van der Waals surface area contributed by atoms with Gasteiger partial charge >= 0.3 is 0 Å². The van der Waals surface area contributed by atoms with Gasteiger partial charge in [0.05, 0.1) is 22.8 Å². The van der Waals surface area contributed by atoms with E-state index in [1.54, 1.807) is 0 Å². The fourth-order valence-corrected chi connectivity index (χ4v) is 4.85. The lowest BCUT2D eigenvalue weighted by molar-refractivity contribution is -0.123. The normalized spacial score (nSPS) is 17.8. The number of hydrogen-bond acceptors (Lipinski definition) is 4. The van der Waals surface area contributed by atoms with Crippen molar-refractivity contribution in [1.82, 2.24) is 14.5 Å². The first-order valence-corrected chi connectivity index (χ1v) is 10.7. The Hall–Kier alpha value is -3.67. The van der Waals surface area contributed by atoms with Crippen LogP contribution in [-0.2, 0) is 16.8 Å². The van der Waals surface area contributed by atoms with Gasteiger partial charge in [-0.25, -0.2) is 9.97 Å². The van der Waals surface area contributed by atoms with Gasteiger partial charge < -0.3 is 16.0 Å². The summed E-state index contributed by atoms with van der Waals surface area (Å²) in [4.78, 5) is 21.5. The molecule has 0 aliphatic heterocycles. The third-order valence-electron chi connectivity index (χ3n) is 6.44. The number of fused-ring (bicyclic) bond motifs is 4. The Morgan fingerprint density at radius 3 is 2.77 bits per heavy atom. The molecule has 156 valence electrons. The molecule has 1 amide bonds. The van der Waals surface area contributed by atoms with Crippen LogP contribution in [-0.4, -0.2) is 20.4 Å². The summed E-state index contributed by atoms with van der Waals surface area (Å²) in [7, 11) is 0. The lowest BCUT2D eigenvalue weighted by atomic mass is 9.69. The lowest BCUT2D eigenvalue weighted by Gasteiger charge is -2.34. The van der Waals surface area contributed by atoms with Crippen molar-refractivity contribution in [3.05, 3.63) is 72.1 Å². The predicted molar refractivity (Wildman–Crippen MR) is 124 cm³/mol. The number of hydrogen-bond donors (Lipinski definition) is 2. The van der Waals surface area contributed by atoms with E-state index in [4.69, 9.17) is 11.5 Å². The fraction of sp³-hybridized carbons (Fsp3) is 0.240. The van der Waals surface area contributed by atoms with Crippen LogP contribution in [0.5, 0.6) is 0 Å². The van der Waals surface area contributed by atoms with Gasteiger partial charge in [0, 0.05) is 11.9 Å². The number of carbonyl (C=O) groups excluding carboxylic acids is 1. The number of aryl methyl sites for hydroxylation is 1. The second-order valence-electron chi connectivity index (χ2n) is 8.25. The maximum absolute atomic E-state index is 12.6. The molecule has 4 aromatic rings. The van der Waals surface area contributed by atoms with E-state index < -0.39 is 5.41 Å². The molecule has 1 atom stereocenters. The van der Waals surface area contributed by atoms with Gasteiger partial charge in [0.1, 0.15) is 5.52 Å². The van der Waals surface area contributed by atoms with Crippen LogP contribution >= 0.6 is 0 Å². The minimum absolute atomic E-state index is 0.248. The van der Waals surface area contributed by atoms with Crippen LogP contribution in [0.3, 0.4) is 0 Å². The van der Waals surface area contributed by atoms with E-state index in [0.29, 0.717) is 12.2 Å². The highest BCUT2D eigenvalue weighted by Crippen LogP contribution is 2.39. The number of rotatable bonds is 6. The molecule has 0 spiro atoms. The van der Waals surface area contributed by atoms with Crippen LogP contribution in [0.2, 0.25) is 0 Å². The second kappa shape index (κ2) is 7.54. The number of primary amides is 1. The number of pyridine rings is 1. The molecule has 5 rings (SSSR count). The second-order valence-corrected chi connectivity index (χ2v) is 8.25. The average molecular weight is 412 g/mol. The van der Waals surface area contributed by atoms with Gasteiger partial charge in [-0.15, -0.1) is 0 Å². The Kier molecular flexibility index (Phi) is 4.70. The van der Waals surface area contributed by atoms with Crippen molar-refractivity contribution in [3.8, 4) is 0 Å². The fourth-order valence-electron chi connectivity index (χ4n) is 4.85. The van der Waals surface area contributed by atoms with Crippen LogP contribution in [0.25, 0.3) is 28.0 Å². The zero-order valence-electron chi connectivity index (χ0n) is 17.3. The van der Waals surface area contributed by atoms with Crippen molar-refractivity contribution in [2.24, 2.45) is 5.73 Å². The Balaban J connectivity index is 1.38. The summed E-state index contributed by atoms with van der Waals surface area (Å²) < 4.78 is 2.14. The highest BCUT2D eigenvalue weighted by Gasteiger charge is 2.39. The number of aromatic nitrogens is 3. The van der Waals surface area contributed by atoms with Crippen LogP contribution in [0.4, 0.5) is 5.82 Å². The maximum Gasteiger partial charge on any atom is 0.228 e. The first-order valence-electron chi connectivity index (χ1n) is 10.7. The van der Waals surface area contributed by atoms with Gasteiger partial charge in [-0.2, -0.15) is 0 Å². The summed E-state index contributed by atoms with van der Waals surface area (Å²) in [5, 5.41) is 1.05. The zero-order valence-corrected chi connectivity index (χ0v) is 17.3. The molecule has 6 nitrogen and oxygen atoms in total. The maximum atomic E-state index is 12.6. The molecule has 0 radical (unpaired) electrons. The number of unbranched alkanes of at least 4 members (excludes halogenated alkanes) is 1. The minimum Gasteiger partial charge on any atom is -0.382 e. The molecular weight excluding hydrogens is 386 g/mol. The van der Waals surface area contributed by atoms with Crippen molar-refractivity contribution in [3.63, 3.8) is 0 Å². The number of benzene rings is 2. The number of allylic oxidation sites excluding steroid dienone is 1. The summed E-state index contributed by atoms with van der Waals surface area (Å²) in [6, 6.07) is 16.0. The number of para-hydroxylation sites is 1. The minimum atomic E-state index is -0.636. The summed E-state index contributed by atoms with van der Waals surface area (Å²) in [6.07, 6.45) is 9.14. The Bertz CT molecular complexity index is 1320. The molecule has 1 unspecified atom stereocenters. The largest absolute Gasteiger partial charge is 0.382 e. The van der Waals surface area contributed by atoms with Crippen molar-refractivity contribution >= 4 is 39.7 Å². The van der Waals surface area contributed by atoms with E-state index in [1.165, 1.54) is 0 Å². The first kappa shape index (κ1) is 19.3. The molecular formula is C25H25N5O. The van der Waals surface area contributed by atoms with Crippen molar-refractivity contribution in [2.75, 3.05) is 5.73 Å². The van der Waals surface area contributed by atoms with Gasteiger partial charge in [0.2, 0.25) is 5.91 Å². The summed E-state index contributed by atoms with van der Waals surface area (Å²) in [5.41, 5.74) is 16.2. The van der Waals surface area contributed by atoms with E-state index in [-0.39, 0.29) is 5.91 Å². The number of imidazole rings is 1. The molecule has 0 fully saturated rings. The Labute approximate surface area is 180 Å². The zero-order chi connectivity index (χ0) is 21.4. The van der Waals surface area contributed by atoms with Gasteiger partial charge in [-0.1, -0.05) is 61.0 Å². The topological polar surface area (TPSA) is 99.8 Å². The number of anilines is 1. The number of amides is 1. The molecule has 2 heterocycles. The quantitative estimate of drug-likeness (QED) is 0.465. The van der Waals surface area contributed by atoms with E-state index in [2.05, 4.69) is 32.8 Å². The molecule has 2 aromatic carbocycles. The highest BCUT2D eigenvalue weighted by atomic mass is 16.1. The van der Waals surface area contributed by atoms with Gasteiger partial charge in [-0.05, 0) is 36.5 Å². The summed E-state index contributed by atoms with van der Waals surface area (Å²) in [6.45, 7) is 0.788. The molecule has 1 aliphatic carbocycles. The molecule has 1 aliphatic rings. The van der Waals surface area contributed by atoms with Crippen molar-refractivity contribution in [2.45, 2.75) is 37.6 Å². The number of nitrogens with zero attached hydrogens (tertiary/aromatic N) is 3. The number of nitrogen functional groups attached to an aromatic ring is 1. The van der Waals surface area contributed by atoms with Gasteiger partial charge in [-0.3, -0.25) is 4.79 Å². The summed E-state index contributed by atoms with van der Waals surface area (Å²) >= 11 is 0. The smallest absolute Gasteiger partial charge is 0.228 e. The van der Waals surface area contributed by atoms with E-state index in [9.17, 15) is 4.79 Å². The van der Waals surface area contributed by atoms with Crippen LogP contribution in [0.15, 0.2) is 60.9 Å². The number of carbonyl (C=O) groups is 1. The third kappa shape index (κ3) is 3.15. The van der Waals surface area contributed by atoms with Crippen LogP contribution in [0, 0.1) is 0 Å². The van der Waals surface area contributed by atoms with Crippen molar-refractivity contribution in [1.29, 1.82) is 0 Å². The molecule has 4 N–H and O–H groups in total. The van der Waals surface area contributed by atoms with E-state index in [0.717, 1.165) is 58.9 Å². The Morgan fingerprint density at radius 1 is 1.10 bits per heavy atom. The molecule has 2 aromatic heterocycles. The number of nitrogens with two attached hydrogens (primary N) is 2. The van der Waals surface area contributed by atoms with Crippen LogP contribution in [0.1, 0.15) is 36.8 Å². The molecule has 0 bridgehead atoms. The van der Waals surface area contributed by atoms with E-state index >= 15 is 0 Å². The lowest BCUT2D eigenvalue weighted by Crippen LogP contribution is -2.42. The van der Waals surface area contributed by atoms with Gasteiger partial charge in [0.15, 0.2) is 5.82 Å². The highest BCUT2D eigenvalue weighted by molar-refractivity contribution is 6.06. The third-order valence-corrected chi connectivity index (χ3v) is 6.44.